The number of hydrogen-bond donors (Lipinski definition) is 0. The van der Waals surface area contributed by atoms with Crippen molar-refractivity contribution in [1.29, 1.82) is 0 Å². The van der Waals surface area contributed by atoms with Crippen LogP contribution in [0.25, 0.3) is 10.6 Å². The smallest absolute Gasteiger partial charge is 0.123 e. The average Bonchev–Trinajstić information content (AvgIpc) is 2.79. The Morgan fingerprint density at radius 2 is 1.94 bits per heavy atom. The summed E-state index contributed by atoms with van der Waals surface area (Å²) < 4.78 is 0. The summed E-state index contributed by atoms with van der Waals surface area (Å²) in [6.07, 6.45) is 4.88. The van der Waals surface area contributed by atoms with E-state index in [4.69, 9.17) is 5.73 Å². The van der Waals surface area contributed by atoms with Gasteiger partial charge in [0.25, 0.3) is 0 Å². The summed E-state index contributed by atoms with van der Waals surface area (Å²) in [5, 5.41) is 1.08. The van der Waals surface area contributed by atoms with E-state index in [2.05, 4.69) is 17.1 Å². The first-order valence-electron chi connectivity index (χ1n) is 5.51. The van der Waals surface area contributed by atoms with Crippen molar-refractivity contribution in [2.75, 3.05) is 6.54 Å². The van der Waals surface area contributed by atoms with Crippen LogP contribution in [0.5, 0.6) is 0 Å². The fourth-order valence-corrected chi connectivity index (χ4v) is 2.51. The molecule has 0 aliphatic rings. The molecule has 0 spiro atoms. The summed E-state index contributed by atoms with van der Waals surface area (Å²) >= 11 is 1.74. The van der Waals surface area contributed by atoms with Crippen LogP contribution in [0.3, 0.4) is 0 Å². The molecular weight excluding hydrogens is 216 g/mol. The highest BCUT2D eigenvalue weighted by Crippen LogP contribution is 2.25. The van der Waals surface area contributed by atoms with Gasteiger partial charge in [-0.05, 0) is 19.3 Å². The highest BCUT2D eigenvalue weighted by Gasteiger charge is 2.03. The fourth-order valence-electron chi connectivity index (χ4n) is 1.55. The van der Waals surface area contributed by atoms with E-state index in [9.17, 15) is 0 Å². The van der Waals surface area contributed by atoms with Crippen molar-refractivity contribution in [1.82, 2.24) is 10.7 Å². The number of benzene rings is 1. The Hall–Kier alpha value is -1.19. The molecule has 2 rings (SSSR count). The van der Waals surface area contributed by atoms with Crippen LogP contribution < -0.4 is 5.73 Å². The van der Waals surface area contributed by atoms with Gasteiger partial charge in [0.05, 0.1) is 0 Å². The van der Waals surface area contributed by atoms with Crippen molar-refractivity contribution in [3.8, 4) is 10.6 Å². The minimum atomic E-state index is 0.282. The quantitative estimate of drug-likeness (QED) is 0.726. The first-order chi connectivity index (χ1) is 7.90. The Kier molecular flexibility index (Phi) is 4.08. The van der Waals surface area contributed by atoms with E-state index in [0.717, 1.165) is 24.3 Å². The molecule has 82 valence electrons. The van der Waals surface area contributed by atoms with Gasteiger partial charge in [-0.15, -0.1) is 17.1 Å². The molecule has 0 atom stereocenters. The predicted octanol–water partition coefficient (Wildman–Crippen LogP) is 3.20. The number of aryl methyl sites for hydroxylation is 1. The van der Waals surface area contributed by atoms with E-state index < -0.39 is 0 Å². The molecule has 2 aromatic rings. The molecule has 2 nitrogen and oxygen atoms in total. The molecule has 0 aliphatic heterocycles. The van der Waals surface area contributed by atoms with E-state index in [-0.39, 0.29) is 6.54 Å². The van der Waals surface area contributed by atoms with Crippen LogP contribution in [0.2, 0.25) is 0 Å². The standard InChI is InChI=1S/C13H14N2S/c14-9-5-4-8-12-10-15-13(16-12)11-6-2-1-3-7-11/h1-3,6-7,10H,4-5,8-9H2. The van der Waals surface area contributed by atoms with Crippen molar-refractivity contribution >= 4 is 11.3 Å². The molecule has 2 radical (unpaired) electrons. The summed E-state index contributed by atoms with van der Waals surface area (Å²) in [6.45, 7) is 0.282. The molecule has 1 aromatic heterocycles. The zero-order valence-electron chi connectivity index (χ0n) is 9.10. The Balaban J connectivity index is 2.02. The molecule has 1 heterocycles. The lowest BCUT2D eigenvalue weighted by Crippen LogP contribution is -1.86. The van der Waals surface area contributed by atoms with Gasteiger partial charge in [-0.25, -0.2) is 4.98 Å². The third-order valence-electron chi connectivity index (χ3n) is 2.41. The second-order valence-electron chi connectivity index (χ2n) is 3.68. The van der Waals surface area contributed by atoms with Crippen molar-refractivity contribution in [3.63, 3.8) is 0 Å². The van der Waals surface area contributed by atoms with Crippen molar-refractivity contribution in [3.05, 3.63) is 41.4 Å². The third kappa shape index (κ3) is 2.90. The van der Waals surface area contributed by atoms with Gasteiger partial charge in [-0.1, -0.05) is 30.3 Å². The molecule has 0 saturated carbocycles. The number of thiazole rings is 1. The molecule has 0 unspecified atom stereocenters. The van der Waals surface area contributed by atoms with E-state index in [1.807, 2.05) is 24.4 Å². The summed E-state index contributed by atoms with van der Waals surface area (Å²) in [6, 6.07) is 10.2. The van der Waals surface area contributed by atoms with E-state index in [1.54, 1.807) is 11.3 Å². The van der Waals surface area contributed by atoms with Crippen LogP contribution in [0, 0.1) is 0 Å². The van der Waals surface area contributed by atoms with Crippen molar-refractivity contribution in [2.45, 2.75) is 19.3 Å². The first-order valence-corrected chi connectivity index (χ1v) is 6.33. The van der Waals surface area contributed by atoms with E-state index >= 15 is 0 Å². The van der Waals surface area contributed by atoms with Crippen LogP contribution in [0.1, 0.15) is 17.7 Å². The maximum absolute atomic E-state index is 8.72. The van der Waals surface area contributed by atoms with Gasteiger partial charge in [-0.3, -0.25) is 0 Å². The zero-order valence-corrected chi connectivity index (χ0v) is 9.91. The van der Waals surface area contributed by atoms with Crippen LogP contribution in [-0.2, 0) is 6.42 Å². The Bertz CT molecular complexity index is 423. The monoisotopic (exact) mass is 230 g/mol. The predicted molar refractivity (Wildman–Crippen MR) is 67.5 cm³/mol. The third-order valence-corrected chi connectivity index (χ3v) is 3.51. The molecule has 16 heavy (non-hydrogen) atoms. The molecule has 0 N–H and O–H groups in total. The molecule has 0 saturated heterocycles. The van der Waals surface area contributed by atoms with Crippen LogP contribution in [0.15, 0.2) is 36.5 Å². The summed E-state index contributed by atoms with van der Waals surface area (Å²) in [4.78, 5) is 5.72. The topological polar surface area (TPSA) is 35.2 Å². The number of hydrogen-bond acceptors (Lipinski definition) is 2. The lowest BCUT2D eigenvalue weighted by molar-refractivity contribution is 0.740. The first kappa shape index (κ1) is 11.3. The number of aromatic nitrogens is 1. The minimum Gasteiger partial charge on any atom is -0.244 e. The Labute approximate surface area is 100 Å². The van der Waals surface area contributed by atoms with Crippen molar-refractivity contribution in [2.24, 2.45) is 0 Å². The summed E-state index contributed by atoms with van der Waals surface area (Å²) in [5.41, 5.74) is 9.90. The highest BCUT2D eigenvalue weighted by molar-refractivity contribution is 7.15. The normalized spacial score (nSPS) is 10.6. The molecule has 0 amide bonds. The number of nitrogens with zero attached hydrogens (tertiary/aromatic N) is 2. The molecule has 0 bridgehead atoms. The maximum atomic E-state index is 8.72. The van der Waals surface area contributed by atoms with Crippen LogP contribution in [0.4, 0.5) is 0 Å². The zero-order chi connectivity index (χ0) is 11.2. The maximum Gasteiger partial charge on any atom is 0.123 e. The second kappa shape index (κ2) is 5.77. The average molecular weight is 230 g/mol. The van der Waals surface area contributed by atoms with Crippen molar-refractivity contribution < 1.29 is 0 Å². The van der Waals surface area contributed by atoms with Gasteiger partial charge in [0.1, 0.15) is 5.01 Å². The molecule has 1 aromatic carbocycles. The van der Waals surface area contributed by atoms with E-state index in [0.29, 0.717) is 0 Å². The van der Waals surface area contributed by atoms with E-state index in [1.165, 1.54) is 10.4 Å². The number of unbranched alkanes of at least 4 members (excludes halogenated alkanes) is 1. The van der Waals surface area contributed by atoms with Gasteiger partial charge >= 0.3 is 0 Å². The Morgan fingerprint density at radius 3 is 2.69 bits per heavy atom. The lowest BCUT2D eigenvalue weighted by Gasteiger charge is -1.94. The van der Waals surface area contributed by atoms with Gasteiger partial charge in [-0.2, -0.15) is 0 Å². The highest BCUT2D eigenvalue weighted by atomic mass is 32.1. The second-order valence-corrected chi connectivity index (χ2v) is 4.79. The molecular formula is C13H14N2S. The fraction of sp³-hybridized carbons (Fsp3) is 0.308. The Morgan fingerprint density at radius 1 is 1.12 bits per heavy atom. The molecule has 3 heteroatoms. The summed E-state index contributed by atoms with van der Waals surface area (Å²) in [7, 11) is 0. The largest absolute Gasteiger partial charge is 0.244 e. The lowest BCUT2D eigenvalue weighted by atomic mass is 10.2. The number of rotatable bonds is 5. The summed E-state index contributed by atoms with van der Waals surface area (Å²) in [5.74, 6) is 0. The molecule has 0 aliphatic carbocycles. The minimum absolute atomic E-state index is 0.282. The van der Waals surface area contributed by atoms with Gasteiger partial charge in [0.15, 0.2) is 0 Å². The van der Waals surface area contributed by atoms with Crippen LogP contribution >= 0.6 is 11.3 Å². The molecule has 0 fully saturated rings. The van der Waals surface area contributed by atoms with Crippen LogP contribution in [-0.4, -0.2) is 11.5 Å². The SMILES string of the molecule is [N]CCCCc1cnc(-c2ccccc2)s1. The van der Waals surface area contributed by atoms with Gasteiger partial charge in [0.2, 0.25) is 0 Å². The van der Waals surface area contributed by atoms with Gasteiger partial charge in [0, 0.05) is 23.2 Å². The van der Waals surface area contributed by atoms with Gasteiger partial charge < -0.3 is 0 Å².